The van der Waals surface area contributed by atoms with E-state index in [-0.39, 0.29) is 5.75 Å². The minimum atomic E-state index is 0.103. The summed E-state index contributed by atoms with van der Waals surface area (Å²) in [6.45, 7) is 2.09. The Morgan fingerprint density at radius 1 is 1.24 bits per heavy atom. The molecule has 1 N–H and O–H groups in total. The second-order valence-electron chi connectivity index (χ2n) is 3.60. The molecule has 0 saturated heterocycles. The largest absolute Gasteiger partial charge is 0.505 e. The number of aromatic hydroxyl groups is 1. The zero-order valence-electron chi connectivity index (χ0n) is 9.71. The van der Waals surface area contributed by atoms with E-state index >= 15 is 0 Å². The third-order valence-electron chi connectivity index (χ3n) is 2.40. The molecule has 0 radical (unpaired) electrons. The van der Waals surface area contributed by atoms with Crippen LogP contribution in [0.5, 0.6) is 5.75 Å². The van der Waals surface area contributed by atoms with Crippen LogP contribution < -0.4 is 0 Å². The molecule has 0 aliphatic rings. The molecule has 0 fully saturated rings. The summed E-state index contributed by atoms with van der Waals surface area (Å²) in [4.78, 5) is 12.4. The van der Waals surface area contributed by atoms with Crippen LogP contribution in [0, 0.1) is 6.92 Å². The molecule has 5 heteroatoms. The van der Waals surface area contributed by atoms with Gasteiger partial charge in [-0.2, -0.15) is 0 Å². The smallest absolute Gasteiger partial charge is 0.163 e. The third-order valence-corrected chi connectivity index (χ3v) is 2.40. The van der Waals surface area contributed by atoms with Gasteiger partial charge in [-0.3, -0.25) is 4.98 Å². The molecule has 17 heavy (non-hydrogen) atoms. The second kappa shape index (κ2) is 4.88. The molecule has 0 unspecified atom stereocenters. The molecule has 2 aromatic heterocycles. The summed E-state index contributed by atoms with van der Waals surface area (Å²) in [5.74, 6) is 0.577. The molecule has 0 aliphatic carbocycles. The standard InChI is InChI=1S/C12H13N3O2/c1-8-11(16)10(9(6-15-8)7-17-2)12-13-4-3-5-14-12/h3-6,16H,7H2,1-2H3. The van der Waals surface area contributed by atoms with Crippen LogP contribution in [0.25, 0.3) is 11.4 Å². The number of aryl methyl sites for hydroxylation is 1. The normalized spacial score (nSPS) is 10.5. The summed E-state index contributed by atoms with van der Waals surface area (Å²) in [6.07, 6.45) is 4.94. The van der Waals surface area contributed by atoms with Crippen molar-refractivity contribution in [2.45, 2.75) is 13.5 Å². The highest BCUT2D eigenvalue weighted by atomic mass is 16.5. The number of nitrogens with zero attached hydrogens (tertiary/aromatic N) is 3. The van der Waals surface area contributed by atoms with Crippen molar-refractivity contribution in [1.82, 2.24) is 15.0 Å². The average molecular weight is 231 g/mol. The first-order valence-corrected chi connectivity index (χ1v) is 5.17. The molecule has 88 valence electrons. The Labute approximate surface area is 99.2 Å². The van der Waals surface area contributed by atoms with Crippen LogP contribution in [0.1, 0.15) is 11.3 Å². The minimum absolute atomic E-state index is 0.103. The van der Waals surface area contributed by atoms with Gasteiger partial charge in [-0.1, -0.05) is 0 Å². The van der Waals surface area contributed by atoms with Crippen molar-refractivity contribution >= 4 is 0 Å². The Morgan fingerprint density at radius 2 is 1.94 bits per heavy atom. The van der Waals surface area contributed by atoms with Crippen LogP contribution in [0.4, 0.5) is 0 Å². The van der Waals surface area contributed by atoms with Gasteiger partial charge in [-0.15, -0.1) is 0 Å². The minimum Gasteiger partial charge on any atom is -0.505 e. The quantitative estimate of drug-likeness (QED) is 0.870. The molecular formula is C12H13N3O2. The molecule has 0 amide bonds. The summed E-state index contributed by atoms with van der Waals surface area (Å²) in [6, 6.07) is 1.73. The van der Waals surface area contributed by atoms with Gasteiger partial charge in [0.2, 0.25) is 0 Å². The van der Waals surface area contributed by atoms with Gasteiger partial charge >= 0.3 is 0 Å². The van der Waals surface area contributed by atoms with E-state index in [0.29, 0.717) is 23.7 Å². The lowest BCUT2D eigenvalue weighted by Gasteiger charge is -2.10. The fraction of sp³-hybridized carbons (Fsp3) is 0.250. The molecule has 0 aliphatic heterocycles. The zero-order chi connectivity index (χ0) is 12.3. The number of rotatable bonds is 3. The maximum absolute atomic E-state index is 10.1. The van der Waals surface area contributed by atoms with E-state index in [1.165, 1.54) is 0 Å². The Balaban J connectivity index is 2.61. The Bertz CT molecular complexity index is 515. The third kappa shape index (κ3) is 2.24. The summed E-state index contributed by atoms with van der Waals surface area (Å²) >= 11 is 0. The topological polar surface area (TPSA) is 68.1 Å². The van der Waals surface area contributed by atoms with Crippen molar-refractivity contribution in [2.24, 2.45) is 0 Å². The second-order valence-corrected chi connectivity index (χ2v) is 3.60. The lowest BCUT2D eigenvalue weighted by Crippen LogP contribution is -1.99. The Morgan fingerprint density at radius 3 is 2.59 bits per heavy atom. The first-order valence-electron chi connectivity index (χ1n) is 5.17. The van der Waals surface area contributed by atoms with Gasteiger partial charge in [0.05, 0.1) is 17.9 Å². The first kappa shape index (κ1) is 11.5. The van der Waals surface area contributed by atoms with Crippen molar-refractivity contribution in [3.05, 3.63) is 35.9 Å². The van der Waals surface area contributed by atoms with Crippen molar-refractivity contribution in [2.75, 3.05) is 7.11 Å². The molecule has 0 aromatic carbocycles. The number of hydrogen-bond acceptors (Lipinski definition) is 5. The van der Waals surface area contributed by atoms with Gasteiger partial charge in [0.1, 0.15) is 5.75 Å². The molecule has 0 saturated carbocycles. The molecule has 2 heterocycles. The van der Waals surface area contributed by atoms with Gasteiger partial charge in [0.15, 0.2) is 5.82 Å². The van der Waals surface area contributed by atoms with E-state index in [1.807, 2.05) is 0 Å². The van der Waals surface area contributed by atoms with Gasteiger partial charge in [0, 0.05) is 31.3 Å². The Hall–Kier alpha value is -2.01. The van der Waals surface area contributed by atoms with E-state index in [2.05, 4.69) is 15.0 Å². The summed E-state index contributed by atoms with van der Waals surface area (Å²) in [5, 5.41) is 10.1. The van der Waals surface area contributed by atoms with Gasteiger partial charge in [-0.05, 0) is 13.0 Å². The highest BCUT2D eigenvalue weighted by Gasteiger charge is 2.15. The SMILES string of the molecule is COCc1cnc(C)c(O)c1-c1ncccn1. The van der Waals surface area contributed by atoms with Gasteiger partial charge < -0.3 is 9.84 Å². The van der Waals surface area contributed by atoms with Crippen molar-refractivity contribution in [3.63, 3.8) is 0 Å². The fourth-order valence-electron chi connectivity index (χ4n) is 1.58. The number of pyridine rings is 1. The van der Waals surface area contributed by atoms with Crippen molar-refractivity contribution in [1.29, 1.82) is 0 Å². The average Bonchev–Trinajstić information content (AvgIpc) is 2.36. The van der Waals surface area contributed by atoms with Crippen LogP contribution in [-0.2, 0) is 11.3 Å². The molecule has 2 rings (SSSR count). The first-order chi connectivity index (χ1) is 8.24. The molecule has 0 atom stereocenters. The fourth-order valence-corrected chi connectivity index (χ4v) is 1.58. The van der Waals surface area contributed by atoms with Gasteiger partial charge in [0.25, 0.3) is 0 Å². The van der Waals surface area contributed by atoms with E-state index in [4.69, 9.17) is 4.74 Å². The van der Waals surface area contributed by atoms with Crippen LogP contribution >= 0.6 is 0 Å². The predicted molar refractivity (Wildman–Crippen MR) is 62.4 cm³/mol. The van der Waals surface area contributed by atoms with E-state index in [1.54, 1.807) is 38.7 Å². The number of hydrogen-bond donors (Lipinski definition) is 1. The number of ether oxygens (including phenoxy) is 1. The summed E-state index contributed by atoms with van der Waals surface area (Å²) in [7, 11) is 1.59. The highest BCUT2D eigenvalue weighted by Crippen LogP contribution is 2.31. The Kier molecular flexibility index (Phi) is 3.30. The van der Waals surface area contributed by atoms with E-state index in [0.717, 1.165) is 5.56 Å². The maximum atomic E-state index is 10.1. The summed E-state index contributed by atoms with van der Waals surface area (Å²) < 4.78 is 5.08. The number of aromatic nitrogens is 3. The van der Waals surface area contributed by atoms with Gasteiger partial charge in [-0.25, -0.2) is 9.97 Å². The van der Waals surface area contributed by atoms with Crippen LogP contribution in [-0.4, -0.2) is 27.2 Å². The van der Waals surface area contributed by atoms with Crippen LogP contribution in [0.15, 0.2) is 24.7 Å². The molecule has 2 aromatic rings. The lowest BCUT2D eigenvalue weighted by atomic mass is 10.1. The number of methoxy groups -OCH3 is 1. The molecular weight excluding hydrogens is 218 g/mol. The predicted octanol–water partition coefficient (Wildman–Crippen LogP) is 1.70. The van der Waals surface area contributed by atoms with Crippen LogP contribution in [0.2, 0.25) is 0 Å². The van der Waals surface area contributed by atoms with E-state index < -0.39 is 0 Å². The van der Waals surface area contributed by atoms with Crippen LogP contribution in [0.3, 0.4) is 0 Å². The van der Waals surface area contributed by atoms with Crippen molar-refractivity contribution < 1.29 is 9.84 Å². The molecule has 0 bridgehead atoms. The lowest BCUT2D eigenvalue weighted by molar-refractivity contribution is 0.184. The molecule has 5 nitrogen and oxygen atoms in total. The maximum Gasteiger partial charge on any atom is 0.163 e. The monoisotopic (exact) mass is 231 g/mol. The summed E-state index contributed by atoms with van der Waals surface area (Å²) in [5.41, 5.74) is 1.90. The van der Waals surface area contributed by atoms with E-state index in [9.17, 15) is 5.11 Å². The zero-order valence-corrected chi connectivity index (χ0v) is 9.71. The van der Waals surface area contributed by atoms with Crippen molar-refractivity contribution in [3.8, 4) is 17.1 Å². The highest BCUT2D eigenvalue weighted by molar-refractivity contribution is 5.68. The molecule has 0 spiro atoms.